The minimum absolute atomic E-state index is 0.0123. The number of carbonyl (C=O) groups excluding carboxylic acids is 2. The molecule has 1 heterocycles. The molecule has 6 nitrogen and oxygen atoms in total. The molecule has 1 aliphatic rings. The van der Waals surface area contributed by atoms with E-state index in [1.807, 2.05) is 6.92 Å². The van der Waals surface area contributed by atoms with Gasteiger partial charge in [-0.1, -0.05) is 6.92 Å². The fourth-order valence-electron chi connectivity index (χ4n) is 2.51. The topological polar surface area (TPSA) is 86.7 Å². The van der Waals surface area contributed by atoms with Crippen LogP contribution < -0.4 is 5.32 Å². The normalized spacial score (nSPS) is 20.3. The van der Waals surface area contributed by atoms with Crippen LogP contribution in [0, 0.1) is 0 Å². The fraction of sp³-hybridized carbons (Fsp3) is 0.786. The molecule has 6 heteroatoms. The second kappa shape index (κ2) is 7.87. The van der Waals surface area contributed by atoms with Crippen molar-refractivity contribution in [2.24, 2.45) is 0 Å². The van der Waals surface area contributed by atoms with Gasteiger partial charge >= 0.3 is 5.97 Å². The van der Waals surface area contributed by atoms with Crippen LogP contribution in [-0.4, -0.2) is 46.4 Å². The molecule has 0 spiro atoms. The largest absolute Gasteiger partial charge is 0.481 e. The quantitative estimate of drug-likeness (QED) is 0.766. The first-order chi connectivity index (χ1) is 9.45. The van der Waals surface area contributed by atoms with Crippen LogP contribution in [0.2, 0.25) is 0 Å². The van der Waals surface area contributed by atoms with Crippen molar-refractivity contribution in [1.29, 1.82) is 0 Å². The molecule has 2 unspecified atom stereocenters. The van der Waals surface area contributed by atoms with Gasteiger partial charge in [0, 0.05) is 19.0 Å². The zero-order valence-corrected chi connectivity index (χ0v) is 12.2. The van der Waals surface area contributed by atoms with Gasteiger partial charge in [-0.15, -0.1) is 0 Å². The average molecular weight is 284 g/mol. The minimum Gasteiger partial charge on any atom is -0.481 e. The molecule has 20 heavy (non-hydrogen) atoms. The standard InChI is InChI=1S/C14H24N2O4/c1-3-6-12(17)16-8-5-4-7-11(16)14(20)15-10(2)9-13(18)19/h10-11H,3-9H2,1-2H3,(H,15,20)(H,18,19). The molecule has 1 saturated heterocycles. The van der Waals surface area contributed by atoms with E-state index >= 15 is 0 Å². The zero-order chi connectivity index (χ0) is 15.1. The van der Waals surface area contributed by atoms with Crippen LogP contribution in [0.3, 0.4) is 0 Å². The van der Waals surface area contributed by atoms with Gasteiger partial charge in [0.25, 0.3) is 0 Å². The Kier molecular flexibility index (Phi) is 6.48. The van der Waals surface area contributed by atoms with E-state index in [9.17, 15) is 14.4 Å². The highest BCUT2D eigenvalue weighted by Crippen LogP contribution is 2.19. The third-order valence-corrected chi connectivity index (χ3v) is 3.46. The maximum absolute atomic E-state index is 12.2. The molecule has 2 amide bonds. The minimum atomic E-state index is -0.944. The van der Waals surface area contributed by atoms with Crippen molar-refractivity contribution in [2.75, 3.05) is 6.54 Å². The molecule has 0 aliphatic carbocycles. The summed E-state index contributed by atoms with van der Waals surface area (Å²) in [6.45, 7) is 4.21. The molecule has 0 radical (unpaired) electrons. The van der Waals surface area contributed by atoms with E-state index in [4.69, 9.17) is 5.11 Å². The smallest absolute Gasteiger partial charge is 0.305 e. The molecular formula is C14H24N2O4. The van der Waals surface area contributed by atoms with Crippen molar-refractivity contribution < 1.29 is 19.5 Å². The van der Waals surface area contributed by atoms with Gasteiger partial charge in [0.1, 0.15) is 6.04 Å². The molecule has 114 valence electrons. The molecule has 1 rings (SSSR count). The number of aliphatic carboxylic acids is 1. The predicted molar refractivity (Wildman–Crippen MR) is 74.1 cm³/mol. The Morgan fingerprint density at radius 1 is 1.35 bits per heavy atom. The molecule has 0 saturated carbocycles. The highest BCUT2D eigenvalue weighted by molar-refractivity contribution is 5.88. The molecular weight excluding hydrogens is 260 g/mol. The number of amides is 2. The third kappa shape index (κ3) is 4.83. The summed E-state index contributed by atoms with van der Waals surface area (Å²) in [4.78, 5) is 36.5. The molecule has 0 aromatic rings. The molecule has 0 aromatic heterocycles. The predicted octanol–water partition coefficient (Wildman–Crippen LogP) is 1.15. The number of carboxylic acids is 1. The zero-order valence-electron chi connectivity index (χ0n) is 12.2. The van der Waals surface area contributed by atoms with Gasteiger partial charge in [-0.2, -0.15) is 0 Å². The molecule has 0 bridgehead atoms. The maximum atomic E-state index is 12.2. The second-order valence-electron chi connectivity index (χ2n) is 5.36. The number of piperidine rings is 1. The Balaban J connectivity index is 2.62. The van der Waals surface area contributed by atoms with E-state index < -0.39 is 18.1 Å². The highest BCUT2D eigenvalue weighted by Gasteiger charge is 2.32. The summed E-state index contributed by atoms with van der Waals surface area (Å²) in [5.74, 6) is -1.17. The molecule has 2 atom stereocenters. The van der Waals surface area contributed by atoms with Crippen molar-refractivity contribution in [3.05, 3.63) is 0 Å². The fourth-order valence-corrected chi connectivity index (χ4v) is 2.51. The number of carbonyl (C=O) groups is 3. The molecule has 1 fully saturated rings. The number of carboxylic acid groups (broad SMARTS) is 1. The van der Waals surface area contributed by atoms with Crippen LogP contribution >= 0.6 is 0 Å². The summed E-state index contributed by atoms with van der Waals surface area (Å²) in [7, 11) is 0. The lowest BCUT2D eigenvalue weighted by molar-refractivity contribution is -0.143. The monoisotopic (exact) mass is 284 g/mol. The molecule has 2 N–H and O–H groups in total. The highest BCUT2D eigenvalue weighted by atomic mass is 16.4. The van der Waals surface area contributed by atoms with Gasteiger partial charge in [0.15, 0.2) is 0 Å². The number of hydrogen-bond donors (Lipinski definition) is 2. The number of hydrogen-bond acceptors (Lipinski definition) is 3. The first-order valence-electron chi connectivity index (χ1n) is 7.27. The van der Waals surface area contributed by atoms with Crippen LogP contribution in [-0.2, 0) is 14.4 Å². The molecule has 0 aromatic carbocycles. The van der Waals surface area contributed by atoms with Crippen molar-refractivity contribution in [2.45, 2.75) is 64.5 Å². The van der Waals surface area contributed by atoms with Crippen molar-refractivity contribution in [1.82, 2.24) is 10.2 Å². The van der Waals surface area contributed by atoms with Crippen LogP contribution in [0.25, 0.3) is 0 Å². The first kappa shape index (κ1) is 16.5. The van der Waals surface area contributed by atoms with Crippen LogP contribution in [0.4, 0.5) is 0 Å². The summed E-state index contributed by atoms with van der Waals surface area (Å²) in [6.07, 6.45) is 3.60. The van der Waals surface area contributed by atoms with Crippen LogP contribution in [0.5, 0.6) is 0 Å². The van der Waals surface area contributed by atoms with Gasteiger partial charge in [-0.05, 0) is 32.6 Å². The lowest BCUT2D eigenvalue weighted by Crippen LogP contribution is -2.53. The summed E-state index contributed by atoms with van der Waals surface area (Å²) in [5.41, 5.74) is 0. The SMILES string of the molecule is CCCC(=O)N1CCCCC1C(=O)NC(C)CC(=O)O. The van der Waals surface area contributed by atoms with E-state index in [-0.39, 0.29) is 18.2 Å². The average Bonchev–Trinajstić information content (AvgIpc) is 2.37. The van der Waals surface area contributed by atoms with Gasteiger partial charge < -0.3 is 15.3 Å². The Labute approximate surface area is 119 Å². The Hall–Kier alpha value is -1.59. The number of nitrogens with zero attached hydrogens (tertiary/aromatic N) is 1. The van der Waals surface area contributed by atoms with E-state index in [1.165, 1.54) is 0 Å². The summed E-state index contributed by atoms with van der Waals surface area (Å²) in [5, 5.41) is 11.4. The maximum Gasteiger partial charge on any atom is 0.305 e. The number of likely N-dealkylation sites (tertiary alicyclic amines) is 1. The van der Waals surface area contributed by atoms with E-state index in [0.29, 0.717) is 19.4 Å². The lowest BCUT2D eigenvalue weighted by Gasteiger charge is -2.35. The Morgan fingerprint density at radius 2 is 2.05 bits per heavy atom. The number of rotatable bonds is 6. The van der Waals surface area contributed by atoms with Crippen molar-refractivity contribution in [3.8, 4) is 0 Å². The molecule has 1 aliphatic heterocycles. The van der Waals surface area contributed by atoms with E-state index in [1.54, 1.807) is 11.8 Å². The van der Waals surface area contributed by atoms with Gasteiger partial charge in [0.05, 0.1) is 6.42 Å². The van der Waals surface area contributed by atoms with Gasteiger partial charge in [-0.25, -0.2) is 0 Å². The van der Waals surface area contributed by atoms with E-state index in [0.717, 1.165) is 19.3 Å². The first-order valence-corrected chi connectivity index (χ1v) is 7.27. The Morgan fingerprint density at radius 3 is 2.65 bits per heavy atom. The van der Waals surface area contributed by atoms with Crippen molar-refractivity contribution >= 4 is 17.8 Å². The summed E-state index contributed by atoms with van der Waals surface area (Å²) in [6, 6.07) is -0.871. The lowest BCUT2D eigenvalue weighted by atomic mass is 10.00. The van der Waals surface area contributed by atoms with Gasteiger partial charge in [-0.3, -0.25) is 14.4 Å². The summed E-state index contributed by atoms with van der Waals surface area (Å²) >= 11 is 0. The summed E-state index contributed by atoms with van der Waals surface area (Å²) < 4.78 is 0. The van der Waals surface area contributed by atoms with Crippen LogP contribution in [0.15, 0.2) is 0 Å². The number of nitrogens with one attached hydrogen (secondary N) is 1. The van der Waals surface area contributed by atoms with Crippen LogP contribution in [0.1, 0.15) is 52.4 Å². The Bertz CT molecular complexity index is 370. The van der Waals surface area contributed by atoms with E-state index in [2.05, 4.69) is 5.32 Å². The van der Waals surface area contributed by atoms with Crippen molar-refractivity contribution in [3.63, 3.8) is 0 Å². The third-order valence-electron chi connectivity index (χ3n) is 3.46. The van der Waals surface area contributed by atoms with Gasteiger partial charge in [0.2, 0.25) is 11.8 Å². The second-order valence-corrected chi connectivity index (χ2v) is 5.36.